The summed E-state index contributed by atoms with van der Waals surface area (Å²) >= 11 is 5.56. The van der Waals surface area contributed by atoms with Crippen LogP contribution in [0.25, 0.3) is 0 Å². The summed E-state index contributed by atoms with van der Waals surface area (Å²) in [5, 5.41) is 0.0127. The van der Waals surface area contributed by atoms with Gasteiger partial charge in [0.05, 0.1) is 24.7 Å². The number of halogens is 1. The van der Waals surface area contributed by atoms with E-state index in [-0.39, 0.29) is 16.2 Å². The predicted octanol–water partition coefficient (Wildman–Crippen LogP) is 2.08. The van der Waals surface area contributed by atoms with Gasteiger partial charge in [0.1, 0.15) is 10.7 Å². The first-order chi connectivity index (χ1) is 9.56. The van der Waals surface area contributed by atoms with Gasteiger partial charge in [-0.1, -0.05) is 0 Å². The van der Waals surface area contributed by atoms with Gasteiger partial charge in [-0.05, 0) is 30.5 Å². The Morgan fingerprint density at radius 1 is 1.35 bits per heavy atom. The lowest BCUT2D eigenvalue weighted by atomic mass is 9.94. The molecule has 1 unspecified atom stereocenters. The summed E-state index contributed by atoms with van der Waals surface area (Å²) in [5.74, 6) is 0.844. The van der Waals surface area contributed by atoms with Crippen molar-refractivity contribution in [1.82, 2.24) is 14.7 Å². The van der Waals surface area contributed by atoms with E-state index in [1.807, 2.05) is 0 Å². The van der Waals surface area contributed by atoms with Crippen LogP contribution < -0.4 is 4.72 Å². The van der Waals surface area contributed by atoms with E-state index in [0.29, 0.717) is 0 Å². The van der Waals surface area contributed by atoms with Crippen LogP contribution in [0, 0.1) is 0 Å². The quantitative estimate of drug-likeness (QED) is 0.877. The molecule has 2 aromatic heterocycles. The van der Waals surface area contributed by atoms with Gasteiger partial charge in [0.2, 0.25) is 15.3 Å². The molecule has 0 amide bonds. The molecule has 0 fully saturated rings. The molecule has 0 spiro atoms. The Morgan fingerprint density at radius 3 is 2.85 bits per heavy atom. The third-order valence-corrected chi connectivity index (χ3v) is 4.88. The second kappa shape index (κ2) is 5.16. The first-order valence-electron chi connectivity index (χ1n) is 6.12. The lowest BCUT2D eigenvalue weighted by Gasteiger charge is -2.22. The molecule has 1 aliphatic rings. The zero-order chi connectivity index (χ0) is 14.2. The first-order valence-corrected chi connectivity index (χ1v) is 7.98. The molecule has 0 saturated heterocycles. The van der Waals surface area contributed by atoms with Gasteiger partial charge in [0.25, 0.3) is 0 Å². The molecule has 106 valence electrons. The maximum atomic E-state index is 12.3. The van der Waals surface area contributed by atoms with Gasteiger partial charge in [0.15, 0.2) is 0 Å². The van der Waals surface area contributed by atoms with Crippen molar-refractivity contribution in [2.45, 2.75) is 30.2 Å². The van der Waals surface area contributed by atoms with Crippen LogP contribution in [0.15, 0.2) is 34.0 Å². The lowest BCUT2D eigenvalue weighted by molar-refractivity contribution is 0.438. The van der Waals surface area contributed by atoms with Gasteiger partial charge in [-0.15, -0.1) is 0 Å². The van der Waals surface area contributed by atoms with Crippen molar-refractivity contribution in [3.05, 3.63) is 41.3 Å². The van der Waals surface area contributed by atoms with Gasteiger partial charge in [-0.2, -0.15) is 0 Å². The Bertz CT molecular complexity index is 712. The van der Waals surface area contributed by atoms with Gasteiger partial charge in [0, 0.05) is 12.0 Å². The van der Waals surface area contributed by atoms with Crippen molar-refractivity contribution in [1.29, 1.82) is 0 Å². The van der Waals surface area contributed by atoms with E-state index in [1.165, 1.54) is 12.4 Å². The molecule has 6 nitrogen and oxygen atoms in total. The molecule has 1 atom stereocenters. The number of nitrogens with zero attached hydrogens (tertiary/aromatic N) is 2. The van der Waals surface area contributed by atoms with E-state index in [1.54, 1.807) is 12.3 Å². The fraction of sp³-hybridized carbons (Fsp3) is 0.333. The lowest BCUT2D eigenvalue weighted by Crippen LogP contribution is -2.30. The average Bonchev–Trinajstić information content (AvgIpc) is 2.88. The highest BCUT2D eigenvalue weighted by atomic mass is 35.5. The molecule has 0 aromatic carbocycles. The monoisotopic (exact) mass is 313 g/mol. The number of nitrogens with one attached hydrogen (secondary N) is 1. The molecule has 1 N–H and O–H groups in total. The molecule has 20 heavy (non-hydrogen) atoms. The smallest absolute Gasteiger partial charge is 0.244 e. The Labute approximate surface area is 121 Å². The number of hydrogen-bond acceptors (Lipinski definition) is 5. The van der Waals surface area contributed by atoms with Gasteiger partial charge >= 0.3 is 0 Å². The predicted molar refractivity (Wildman–Crippen MR) is 71.8 cm³/mol. The maximum Gasteiger partial charge on any atom is 0.244 e. The standard InChI is InChI=1S/C12H12ClN3O3S/c13-12-14-6-8(7-15-12)20(17,18)16-10-2-1-3-11-9(10)4-5-19-11/h4-7,10,16H,1-3H2. The summed E-state index contributed by atoms with van der Waals surface area (Å²) in [7, 11) is -3.67. The molecular formula is C12H12ClN3O3S. The van der Waals surface area contributed by atoms with Crippen LogP contribution >= 0.6 is 11.6 Å². The summed E-state index contributed by atoms with van der Waals surface area (Å²) < 4.78 is 32.6. The normalized spacial score (nSPS) is 18.8. The van der Waals surface area contributed by atoms with Crippen molar-refractivity contribution in [3.63, 3.8) is 0 Å². The summed E-state index contributed by atoms with van der Waals surface area (Å²) in [6.45, 7) is 0. The third-order valence-electron chi connectivity index (χ3n) is 3.26. The summed E-state index contributed by atoms with van der Waals surface area (Å²) in [5.41, 5.74) is 0.898. The molecule has 2 aromatic rings. The van der Waals surface area contributed by atoms with Gasteiger partial charge < -0.3 is 4.42 Å². The highest BCUT2D eigenvalue weighted by Gasteiger charge is 2.27. The number of aryl methyl sites for hydroxylation is 1. The summed E-state index contributed by atoms with van der Waals surface area (Å²) in [6, 6.07) is 1.53. The van der Waals surface area contributed by atoms with E-state index >= 15 is 0 Å². The van der Waals surface area contributed by atoms with Crippen molar-refractivity contribution >= 4 is 21.6 Å². The number of furan rings is 1. The number of fused-ring (bicyclic) bond motifs is 1. The van der Waals surface area contributed by atoms with Crippen LogP contribution in [0.1, 0.15) is 30.2 Å². The topological polar surface area (TPSA) is 85.1 Å². The minimum atomic E-state index is -3.67. The van der Waals surface area contributed by atoms with Crippen molar-refractivity contribution < 1.29 is 12.8 Å². The second-order valence-electron chi connectivity index (χ2n) is 4.55. The number of rotatable bonds is 3. The zero-order valence-electron chi connectivity index (χ0n) is 10.4. The highest BCUT2D eigenvalue weighted by Crippen LogP contribution is 2.31. The Kier molecular flexibility index (Phi) is 3.49. The average molecular weight is 314 g/mol. The first kappa shape index (κ1) is 13.5. The fourth-order valence-electron chi connectivity index (χ4n) is 2.30. The van der Waals surface area contributed by atoms with Gasteiger partial charge in [-0.3, -0.25) is 0 Å². The maximum absolute atomic E-state index is 12.3. The SMILES string of the molecule is O=S(=O)(NC1CCCc2occc21)c1cnc(Cl)nc1. The summed E-state index contributed by atoms with van der Waals surface area (Å²) in [4.78, 5) is 7.38. The molecule has 0 bridgehead atoms. The number of hydrogen-bond donors (Lipinski definition) is 1. The molecule has 0 aliphatic heterocycles. The van der Waals surface area contributed by atoms with E-state index in [9.17, 15) is 8.42 Å². The zero-order valence-corrected chi connectivity index (χ0v) is 12.0. The van der Waals surface area contributed by atoms with Crippen LogP contribution in [-0.2, 0) is 16.4 Å². The molecule has 3 rings (SSSR count). The van der Waals surface area contributed by atoms with E-state index in [0.717, 1.165) is 30.6 Å². The minimum Gasteiger partial charge on any atom is -0.469 e. The van der Waals surface area contributed by atoms with Crippen molar-refractivity contribution in [2.75, 3.05) is 0 Å². The van der Waals surface area contributed by atoms with E-state index in [2.05, 4.69) is 14.7 Å². The van der Waals surface area contributed by atoms with Crippen molar-refractivity contribution in [2.24, 2.45) is 0 Å². The van der Waals surface area contributed by atoms with Crippen LogP contribution in [0.5, 0.6) is 0 Å². The Hall–Kier alpha value is -1.44. The largest absolute Gasteiger partial charge is 0.469 e. The molecule has 2 heterocycles. The van der Waals surface area contributed by atoms with Crippen molar-refractivity contribution in [3.8, 4) is 0 Å². The van der Waals surface area contributed by atoms with E-state index in [4.69, 9.17) is 16.0 Å². The second-order valence-corrected chi connectivity index (χ2v) is 6.61. The number of aromatic nitrogens is 2. The highest BCUT2D eigenvalue weighted by molar-refractivity contribution is 7.89. The molecule has 8 heteroatoms. The molecule has 1 aliphatic carbocycles. The van der Waals surface area contributed by atoms with Crippen LogP contribution in [0.4, 0.5) is 0 Å². The molecule has 0 saturated carbocycles. The number of sulfonamides is 1. The summed E-state index contributed by atoms with van der Waals surface area (Å²) in [6.07, 6.45) is 6.42. The fourth-order valence-corrected chi connectivity index (χ4v) is 3.54. The van der Waals surface area contributed by atoms with Gasteiger partial charge in [-0.25, -0.2) is 23.1 Å². The minimum absolute atomic E-state index is 0.00230. The molecular weight excluding hydrogens is 302 g/mol. The third kappa shape index (κ3) is 2.56. The van der Waals surface area contributed by atoms with Crippen LogP contribution in [0.2, 0.25) is 5.28 Å². The van der Waals surface area contributed by atoms with E-state index < -0.39 is 10.0 Å². The van der Waals surface area contributed by atoms with Crippen LogP contribution in [-0.4, -0.2) is 18.4 Å². The van der Waals surface area contributed by atoms with Crippen LogP contribution in [0.3, 0.4) is 0 Å². The Morgan fingerprint density at radius 2 is 2.10 bits per heavy atom. The Balaban J connectivity index is 1.86. The molecule has 0 radical (unpaired) electrons.